The lowest BCUT2D eigenvalue weighted by Crippen LogP contribution is -2.54. The monoisotopic (exact) mass is 600 g/mol. The number of amides is 5. The van der Waals surface area contributed by atoms with E-state index in [4.69, 9.17) is 14.2 Å². The number of ether oxygens (including phenoxy) is 3. The van der Waals surface area contributed by atoms with E-state index in [-0.39, 0.29) is 49.5 Å². The maximum atomic E-state index is 13.2. The Balaban J connectivity index is 1.21. The molecule has 1 atom stereocenters. The van der Waals surface area contributed by atoms with Crippen molar-refractivity contribution >= 4 is 29.7 Å². The minimum absolute atomic E-state index is 0.0405. The Bertz CT molecular complexity index is 1370. The van der Waals surface area contributed by atoms with Crippen molar-refractivity contribution in [2.75, 3.05) is 39.6 Å². The third-order valence-electron chi connectivity index (χ3n) is 7.06. The van der Waals surface area contributed by atoms with Gasteiger partial charge >= 0.3 is 6.09 Å². The van der Waals surface area contributed by atoms with Crippen LogP contribution in [-0.4, -0.2) is 111 Å². The van der Waals surface area contributed by atoms with E-state index in [1.807, 2.05) is 20.8 Å². The molecule has 3 heterocycles. The zero-order valence-corrected chi connectivity index (χ0v) is 24.4. The van der Waals surface area contributed by atoms with Gasteiger partial charge in [0, 0.05) is 24.9 Å². The lowest BCUT2D eigenvalue weighted by Gasteiger charge is -2.32. The minimum atomic E-state index is -1.05. The number of fused-ring (bicyclic) bond motifs is 1. The third kappa shape index (κ3) is 7.53. The zero-order chi connectivity index (χ0) is 31.1. The molecule has 15 heteroatoms. The molecule has 0 bridgehead atoms. The standard InChI is InChI=1S/C28H36N6O9/c1-28(2,3)32(27(39)40)10-13-41-15-16-42-14-11-33-18(17-29-31-33)9-12-43-21-6-4-5-19-23(21)26(38)34(25(19)37)20-7-8-22(35)30-24(20)36/h4-6,17,20H,7-16H2,1-3H3,(H,39,40)(H,30,35,36). The number of imide groups is 2. The summed E-state index contributed by atoms with van der Waals surface area (Å²) >= 11 is 0. The summed E-state index contributed by atoms with van der Waals surface area (Å²) in [7, 11) is 0. The Kier molecular flexibility index (Phi) is 10.1. The van der Waals surface area contributed by atoms with Crippen LogP contribution in [0.5, 0.6) is 5.75 Å². The number of nitrogens with one attached hydrogen (secondary N) is 1. The highest BCUT2D eigenvalue weighted by Crippen LogP contribution is 2.33. The van der Waals surface area contributed by atoms with E-state index in [1.165, 1.54) is 11.0 Å². The topological polar surface area (TPSA) is 182 Å². The van der Waals surface area contributed by atoms with Crippen LogP contribution in [0.1, 0.15) is 60.0 Å². The predicted molar refractivity (Wildman–Crippen MR) is 148 cm³/mol. The first-order valence-electron chi connectivity index (χ1n) is 14.0. The first-order valence-corrected chi connectivity index (χ1v) is 14.0. The molecule has 1 aromatic heterocycles. The van der Waals surface area contributed by atoms with Gasteiger partial charge in [-0.1, -0.05) is 11.3 Å². The average Bonchev–Trinajstić information content (AvgIpc) is 3.49. The lowest BCUT2D eigenvalue weighted by atomic mass is 10.0. The number of hydrogen-bond donors (Lipinski definition) is 2. The molecule has 5 amide bonds. The fraction of sp³-hybridized carbons (Fsp3) is 0.536. The highest BCUT2D eigenvalue weighted by atomic mass is 16.5. The molecular weight excluding hydrogens is 564 g/mol. The normalized spacial score (nSPS) is 16.8. The second-order valence-electron chi connectivity index (χ2n) is 11.0. The zero-order valence-electron chi connectivity index (χ0n) is 24.4. The molecule has 43 heavy (non-hydrogen) atoms. The molecule has 0 saturated carbocycles. The van der Waals surface area contributed by atoms with Crippen LogP contribution in [0, 0.1) is 0 Å². The number of carbonyl (C=O) groups is 5. The summed E-state index contributed by atoms with van der Waals surface area (Å²) in [4.78, 5) is 63.6. The van der Waals surface area contributed by atoms with Gasteiger partial charge in [0.25, 0.3) is 11.8 Å². The number of carbonyl (C=O) groups excluding carboxylic acids is 4. The molecule has 0 aliphatic carbocycles. The van der Waals surface area contributed by atoms with Crippen LogP contribution in [0.3, 0.4) is 0 Å². The van der Waals surface area contributed by atoms with Gasteiger partial charge < -0.3 is 24.2 Å². The van der Waals surface area contributed by atoms with E-state index in [2.05, 4.69) is 15.6 Å². The van der Waals surface area contributed by atoms with Crippen LogP contribution in [-0.2, 0) is 32.0 Å². The maximum absolute atomic E-state index is 13.2. The van der Waals surface area contributed by atoms with Crippen LogP contribution >= 0.6 is 0 Å². The van der Waals surface area contributed by atoms with Gasteiger partial charge in [0.05, 0.1) is 62.6 Å². The van der Waals surface area contributed by atoms with Crippen LogP contribution in [0.2, 0.25) is 0 Å². The molecule has 2 aliphatic rings. The lowest BCUT2D eigenvalue weighted by molar-refractivity contribution is -0.136. The largest absolute Gasteiger partial charge is 0.492 e. The van der Waals surface area contributed by atoms with Crippen molar-refractivity contribution < 1.29 is 43.3 Å². The van der Waals surface area contributed by atoms with Gasteiger partial charge in [-0.25, -0.2) is 9.48 Å². The van der Waals surface area contributed by atoms with Crippen molar-refractivity contribution in [1.29, 1.82) is 0 Å². The summed E-state index contributed by atoms with van der Waals surface area (Å²) in [6.07, 6.45) is 1.13. The number of nitrogens with zero attached hydrogens (tertiary/aromatic N) is 5. The number of rotatable bonds is 14. The number of piperidine rings is 1. The second kappa shape index (κ2) is 13.7. The fourth-order valence-electron chi connectivity index (χ4n) is 4.88. The number of aromatic nitrogens is 3. The molecular formula is C28H36N6O9. The Morgan fingerprint density at radius 1 is 1.07 bits per heavy atom. The molecule has 1 unspecified atom stereocenters. The highest BCUT2D eigenvalue weighted by Gasteiger charge is 2.46. The van der Waals surface area contributed by atoms with Gasteiger partial charge in [-0.3, -0.25) is 29.4 Å². The second-order valence-corrected chi connectivity index (χ2v) is 11.0. The van der Waals surface area contributed by atoms with E-state index in [0.29, 0.717) is 32.8 Å². The SMILES string of the molecule is CC(C)(C)N(CCOCCOCCn1nncc1CCOc1cccc2c1C(=O)N(C1CCC(=O)NC1=O)C2=O)C(=O)O. The molecule has 2 N–H and O–H groups in total. The van der Waals surface area contributed by atoms with Crippen molar-refractivity contribution in [3.63, 3.8) is 0 Å². The first-order chi connectivity index (χ1) is 20.5. The minimum Gasteiger partial charge on any atom is -0.492 e. The van der Waals surface area contributed by atoms with E-state index >= 15 is 0 Å². The summed E-state index contributed by atoms with van der Waals surface area (Å²) < 4.78 is 18.7. The van der Waals surface area contributed by atoms with Gasteiger partial charge in [-0.15, -0.1) is 5.10 Å². The Morgan fingerprint density at radius 3 is 2.51 bits per heavy atom. The molecule has 15 nitrogen and oxygen atoms in total. The van der Waals surface area contributed by atoms with Crippen molar-refractivity contribution in [3.8, 4) is 5.75 Å². The van der Waals surface area contributed by atoms with Crippen molar-refractivity contribution in [3.05, 3.63) is 41.2 Å². The summed E-state index contributed by atoms with van der Waals surface area (Å²) in [5.41, 5.74) is 0.501. The van der Waals surface area contributed by atoms with Gasteiger partial charge in [0.15, 0.2) is 0 Å². The predicted octanol–water partition coefficient (Wildman–Crippen LogP) is 1.11. The molecule has 232 valence electrons. The van der Waals surface area contributed by atoms with Crippen molar-refractivity contribution in [2.45, 2.75) is 58.2 Å². The molecule has 1 fully saturated rings. The van der Waals surface area contributed by atoms with E-state index < -0.39 is 41.3 Å². The Hall–Kier alpha value is -4.37. The third-order valence-corrected chi connectivity index (χ3v) is 7.06. The first kappa shape index (κ1) is 31.6. The van der Waals surface area contributed by atoms with E-state index in [9.17, 15) is 29.1 Å². The highest BCUT2D eigenvalue weighted by molar-refractivity contribution is 6.24. The molecule has 1 saturated heterocycles. The molecule has 0 radical (unpaired) electrons. The number of hydrogen-bond acceptors (Lipinski definition) is 10. The maximum Gasteiger partial charge on any atom is 0.407 e. The van der Waals surface area contributed by atoms with E-state index in [1.54, 1.807) is 23.0 Å². The van der Waals surface area contributed by atoms with Gasteiger partial charge in [0.2, 0.25) is 11.8 Å². The van der Waals surface area contributed by atoms with Crippen molar-refractivity contribution in [2.24, 2.45) is 0 Å². The smallest absolute Gasteiger partial charge is 0.407 e. The van der Waals surface area contributed by atoms with Crippen LogP contribution in [0.15, 0.2) is 24.4 Å². The molecule has 4 rings (SSSR count). The molecule has 2 aliphatic heterocycles. The van der Waals surface area contributed by atoms with Crippen LogP contribution in [0.25, 0.3) is 0 Å². The van der Waals surface area contributed by atoms with Gasteiger partial charge in [0.1, 0.15) is 11.8 Å². The summed E-state index contributed by atoms with van der Waals surface area (Å²) in [5.74, 6) is -2.12. The van der Waals surface area contributed by atoms with Crippen LogP contribution in [0.4, 0.5) is 4.79 Å². The summed E-state index contributed by atoms with van der Waals surface area (Å²) in [6, 6.07) is 3.65. The number of benzene rings is 1. The quantitative estimate of drug-likeness (QED) is 0.234. The average molecular weight is 601 g/mol. The molecule has 1 aromatic carbocycles. The fourth-order valence-corrected chi connectivity index (χ4v) is 4.88. The molecule has 2 aromatic rings. The summed E-state index contributed by atoms with van der Waals surface area (Å²) in [6.45, 7) is 7.59. The van der Waals surface area contributed by atoms with E-state index in [0.717, 1.165) is 10.6 Å². The summed E-state index contributed by atoms with van der Waals surface area (Å²) in [5, 5.41) is 19.5. The Morgan fingerprint density at radius 2 is 1.81 bits per heavy atom. The van der Waals surface area contributed by atoms with Gasteiger partial charge in [-0.2, -0.15) is 0 Å². The number of carboxylic acid groups (broad SMARTS) is 1. The molecule has 0 spiro atoms. The van der Waals surface area contributed by atoms with Crippen molar-refractivity contribution in [1.82, 2.24) is 30.1 Å². The van der Waals surface area contributed by atoms with Gasteiger partial charge in [-0.05, 0) is 39.3 Å². The Labute approximate surface area is 248 Å². The van der Waals surface area contributed by atoms with Crippen LogP contribution < -0.4 is 10.1 Å².